The maximum atomic E-state index is 11.9. The Kier molecular flexibility index (Phi) is 8.43. The molecule has 0 bridgehead atoms. The SMILES string of the molecule is CNCC(C)C(=O)NCc1ccc(OCCN(C)C)c(OC)c1. The molecule has 6 heteroatoms. The van der Waals surface area contributed by atoms with E-state index in [4.69, 9.17) is 9.47 Å². The number of hydrogen-bond acceptors (Lipinski definition) is 5. The molecule has 0 aliphatic carbocycles. The molecule has 2 N–H and O–H groups in total. The van der Waals surface area contributed by atoms with E-state index in [2.05, 4.69) is 15.5 Å². The Morgan fingerprint density at radius 1 is 1.30 bits per heavy atom. The molecule has 1 amide bonds. The molecule has 6 nitrogen and oxygen atoms in total. The molecule has 1 aromatic carbocycles. The first-order chi connectivity index (χ1) is 11.0. The summed E-state index contributed by atoms with van der Waals surface area (Å²) in [5.41, 5.74) is 0.979. The quantitative estimate of drug-likeness (QED) is 0.675. The summed E-state index contributed by atoms with van der Waals surface area (Å²) in [7, 11) is 7.46. The first-order valence-electron chi connectivity index (χ1n) is 7.84. The van der Waals surface area contributed by atoms with Crippen molar-refractivity contribution in [2.24, 2.45) is 5.92 Å². The summed E-state index contributed by atoms with van der Waals surface area (Å²) < 4.78 is 11.1. The minimum absolute atomic E-state index is 0.0321. The Balaban J connectivity index is 2.59. The van der Waals surface area contributed by atoms with Gasteiger partial charge in [0.25, 0.3) is 0 Å². The van der Waals surface area contributed by atoms with Crippen molar-refractivity contribution in [3.05, 3.63) is 23.8 Å². The van der Waals surface area contributed by atoms with Gasteiger partial charge in [0, 0.05) is 25.6 Å². The summed E-state index contributed by atoms with van der Waals surface area (Å²) >= 11 is 0. The van der Waals surface area contributed by atoms with Crippen LogP contribution in [0.5, 0.6) is 11.5 Å². The lowest BCUT2D eigenvalue weighted by Gasteiger charge is -2.15. The number of carbonyl (C=O) groups is 1. The Labute approximate surface area is 139 Å². The molecule has 0 spiro atoms. The molecule has 1 unspecified atom stereocenters. The second kappa shape index (κ2) is 10.1. The van der Waals surface area contributed by atoms with Crippen molar-refractivity contribution in [1.82, 2.24) is 15.5 Å². The minimum atomic E-state index is -0.0597. The fourth-order valence-corrected chi connectivity index (χ4v) is 2.04. The van der Waals surface area contributed by atoms with Gasteiger partial charge in [-0.2, -0.15) is 0 Å². The van der Waals surface area contributed by atoms with Crippen molar-refractivity contribution in [3.63, 3.8) is 0 Å². The van der Waals surface area contributed by atoms with Gasteiger partial charge in [-0.05, 0) is 38.8 Å². The molecular formula is C17H29N3O3. The molecule has 0 saturated carbocycles. The fraction of sp³-hybridized carbons (Fsp3) is 0.588. The third-order valence-electron chi connectivity index (χ3n) is 3.45. The van der Waals surface area contributed by atoms with Gasteiger partial charge >= 0.3 is 0 Å². The summed E-state index contributed by atoms with van der Waals surface area (Å²) in [6.07, 6.45) is 0. The van der Waals surface area contributed by atoms with E-state index in [1.54, 1.807) is 7.11 Å². The highest BCUT2D eigenvalue weighted by atomic mass is 16.5. The van der Waals surface area contributed by atoms with Crippen molar-refractivity contribution in [2.45, 2.75) is 13.5 Å². The number of hydrogen-bond donors (Lipinski definition) is 2. The lowest BCUT2D eigenvalue weighted by Crippen LogP contribution is -2.33. The van der Waals surface area contributed by atoms with Gasteiger partial charge in [0.2, 0.25) is 5.91 Å². The monoisotopic (exact) mass is 323 g/mol. The van der Waals surface area contributed by atoms with Crippen LogP contribution in [-0.2, 0) is 11.3 Å². The molecule has 0 aliphatic rings. The van der Waals surface area contributed by atoms with Crippen LogP contribution in [0.4, 0.5) is 0 Å². The third kappa shape index (κ3) is 6.88. The average Bonchev–Trinajstić information content (AvgIpc) is 2.53. The fourth-order valence-electron chi connectivity index (χ4n) is 2.04. The van der Waals surface area contributed by atoms with E-state index in [9.17, 15) is 4.79 Å². The van der Waals surface area contributed by atoms with Crippen molar-refractivity contribution in [2.75, 3.05) is 47.9 Å². The summed E-state index contributed by atoms with van der Waals surface area (Å²) in [4.78, 5) is 14.0. The Bertz CT molecular complexity index is 492. The molecule has 1 atom stereocenters. The maximum absolute atomic E-state index is 11.9. The Morgan fingerprint density at radius 2 is 2.04 bits per heavy atom. The van der Waals surface area contributed by atoms with Gasteiger partial charge in [-0.3, -0.25) is 4.79 Å². The smallest absolute Gasteiger partial charge is 0.224 e. The van der Waals surface area contributed by atoms with Crippen molar-refractivity contribution in [3.8, 4) is 11.5 Å². The number of carbonyl (C=O) groups excluding carboxylic acids is 1. The molecule has 0 aromatic heterocycles. The van der Waals surface area contributed by atoms with Crippen molar-refractivity contribution in [1.29, 1.82) is 0 Å². The maximum Gasteiger partial charge on any atom is 0.224 e. The third-order valence-corrected chi connectivity index (χ3v) is 3.45. The van der Waals surface area contributed by atoms with E-state index in [-0.39, 0.29) is 11.8 Å². The predicted molar refractivity (Wildman–Crippen MR) is 92.0 cm³/mol. The number of amides is 1. The molecule has 0 fully saturated rings. The van der Waals surface area contributed by atoms with Gasteiger partial charge in [0.05, 0.1) is 7.11 Å². The molecule has 1 aromatic rings. The second-order valence-corrected chi connectivity index (χ2v) is 5.81. The first kappa shape index (κ1) is 19.3. The summed E-state index contributed by atoms with van der Waals surface area (Å²) in [6, 6.07) is 5.72. The van der Waals surface area contributed by atoms with Crippen LogP contribution in [0.3, 0.4) is 0 Å². The largest absolute Gasteiger partial charge is 0.493 e. The van der Waals surface area contributed by atoms with Crippen LogP contribution < -0.4 is 20.1 Å². The highest BCUT2D eigenvalue weighted by molar-refractivity contribution is 5.78. The van der Waals surface area contributed by atoms with E-state index in [0.29, 0.717) is 31.2 Å². The van der Waals surface area contributed by atoms with Crippen LogP contribution in [0.25, 0.3) is 0 Å². The number of nitrogens with zero attached hydrogens (tertiary/aromatic N) is 1. The normalized spacial score (nSPS) is 12.1. The summed E-state index contributed by atoms with van der Waals surface area (Å²) in [6.45, 7) is 4.47. The lowest BCUT2D eigenvalue weighted by molar-refractivity contribution is -0.124. The highest BCUT2D eigenvalue weighted by Crippen LogP contribution is 2.28. The Morgan fingerprint density at radius 3 is 2.65 bits per heavy atom. The minimum Gasteiger partial charge on any atom is -0.493 e. The van der Waals surface area contributed by atoms with Crippen LogP contribution in [0.15, 0.2) is 18.2 Å². The van der Waals surface area contributed by atoms with Gasteiger partial charge in [-0.15, -0.1) is 0 Å². The molecule has 23 heavy (non-hydrogen) atoms. The molecule has 130 valence electrons. The van der Waals surface area contributed by atoms with Gasteiger partial charge < -0.3 is 25.0 Å². The van der Waals surface area contributed by atoms with Gasteiger partial charge in [-0.25, -0.2) is 0 Å². The van der Waals surface area contributed by atoms with Gasteiger partial charge in [0.15, 0.2) is 11.5 Å². The number of likely N-dealkylation sites (N-methyl/N-ethyl adjacent to an activating group) is 1. The van der Waals surface area contributed by atoms with E-state index in [1.165, 1.54) is 0 Å². The summed E-state index contributed by atoms with van der Waals surface area (Å²) in [5.74, 6) is 1.37. The van der Waals surface area contributed by atoms with Gasteiger partial charge in [-0.1, -0.05) is 13.0 Å². The lowest BCUT2D eigenvalue weighted by atomic mass is 10.1. The number of rotatable bonds is 10. The van der Waals surface area contributed by atoms with E-state index in [1.807, 2.05) is 46.3 Å². The zero-order valence-electron chi connectivity index (χ0n) is 14.8. The molecule has 0 heterocycles. The van der Waals surface area contributed by atoms with Crippen LogP contribution in [0, 0.1) is 5.92 Å². The number of ether oxygens (including phenoxy) is 2. The van der Waals surface area contributed by atoms with Gasteiger partial charge in [0.1, 0.15) is 6.61 Å². The molecule has 1 rings (SSSR count). The average molecular weight is 323 g/mol. The molecule has 0 radical (unpaired) electrons. The van der Waals surface area contributed by atoms with Crippen LogP contribution in [-0.4, -0.2) is 58.8 Å². The highest BCUT2D eigenvalue weighted by Gasteiger charge is 2.12. The molecule has 0 aliphatic heterocycles. The van der Waals surface area contributed by atoms with E-state index >= 15 is 0 Å². The molecule has 0 saturated heterocycles. The first-order valence-corrected chi connectivity index (χ1v) is 7.84. The number of methoxy groups -OCH3 is 1. The summed E-state index contributed by atoms with van der Waals surface area (Å²) in [5, 5.41) is 5.93. The second-order valence-electron chi connectivity index (χ2n) is 5.81. The molecular weight excluding hydrogens is 294 g/mol. The topological polar surface area (TPSA) is 62.8 Å². The van der Waals surface area contributed by atoms with E-state index < -0.39 is 0 Å². The van der Waals surface area contributed by atoms with Crippen molar-refractivity contribution < 1.29 is 14.3 Å². The van der Waals surface area contributed by atoms with E-state index in [0.717, 1.165) is 12.1 Å². The standard InChI is InChI=1S/C17H29N3O3/c1-13(11-18-2)17(21)19-12-14-6-7-15(16(10-14)22-5)23-9-8-20(3)4/h6-7,10,13,18H,8-9,11-12H2,1-5H3,(H,19,21). The predicted octanol–water partition coefficient (Wildman–Crippen LogP) is 1.11. The zero-order chi connectivity index (χ0) is 17.2. The van der Waals surface area contributed by atoms with Crippen LogP contribution >= 0.6 is 0 Å². The number of nitrogens with one attached hydrogen (secondary N) is 2. The Hall–Kier alpha value is -1.79. The number of benzene rings is 1. The zero-order valence-corrected chi connectivity index (χ0v) is 14.8. The van der Waals surface area contributed by atoms with Crippen molar-refractivity contribution >= 4 is 5.91 Å². The van der Waals surface area contributed by atoms with Crippen LogP contribution in [0.1, 0.15) is 12.5 Å². The van der Waals surface area contributed by atoms with Crippen LogP contribution in [0.2, 0.25) is 0 Å².